The molecule has 1 atom stereocenters. The first-order valence-corrected chi connectivity index (χ1v) is 4.89. The maximum atomic E-state index is 12.1. The quantitative estimate of drug-likeness (QED) is 0.723. The van der Waals surface area contributed by atoms with E-state index in [0.717, 1.165) is 6.42 Å². The second-order valence-corrected chi connectivity index (χ2v) is 3.34. The molecule has 5 heteroatoms. The Bertz CT molecular complexity index is 143. The van der Waals surface area contributed by atoms with Crippen LogP contribution in [0.2, 0.25) is 0 Å². The molecule has 0 aromatic heterocycles. The molecule has 0 radical (unpaired) electrons. The molecule has 0 rings (SSSR count). The van der Waals surface area contributed by atoms with Gasteiger partial charge in [-0.25, -0.2) is 0 Å². The Morgan fingerprint density at radius 1 is 1.29 bits per heavy atom. The second kappa shape index (κ2) is 6.24. The van der Waals surface area contributed by atoms with Crippen molar-refractivity contribution in [2.24, 2.45) is 0 Å². The van der Waals surface area contributed by atoms with E-state index in [-0.39, 0.29) is 6.04 Å². The predicted molar refractivity (Wildman–Crippen MR) is 51.3 cm³/mol. The zero-order valence-corrected chi connectivity index (χ0v) is 8.99. The van der Waals surface area contributed by atoms with Crippen LogP contribution in [0.1, 0.15) is 20.3 Å². The van der Waals surface area contributed by atoms with Crippen molar-refractivity contribution in [1.29, 1.82) is 0 Å². The van der Waals surface area contributed by atoms with Crippen LogP contribution in [0.25, 0.3) is 0 Å². The van der Waals surface area contributed by atoms with Gasteiger partial charge in [0, 0.05) is 12.6 Å². The average molecular weight is 212 g/mol. The monoisotopic (exact) mass is 212 g/mol. The Hall–Kier alpha value is -0.290. The second-order valence-electron chi connectivity index (χ2n) is 3.34. The highest BCUT2D eigenvalue weighted by Gasteiger charge is 2.30. The number of halogens is 3. The third-order valence-corrected chi connectivity index (χ3v) is 2.23. The molecule has 0 amide bonds. The lowest BCUT2D eigenvalue weighted by Crippen LogP contribution is -2.43. The van der Waals surface area contributed by atoms with Gasteiger partial charge in [-0.05, 0) is 20.0 Å². The van der Waals surface area contributed by atoms with Gasteiger partial charge in [0.15, 0.2) is 0 Å². The topological polar surface area (TPSA) is 15.3 Å². The minimum Gasteiger partial charge on any atom is -0.316 e. The molecular formula is C9H19F3N2. The number of alkyl halides is 3. The van der Waals surface area contributed by atoms with E-state index in [2.05, 4.69) is 5.32 Å². The Morgan fingerprint density at radius 3 is 2.14 bits per heavy atom. The molecule has 2 nitrogen and oxygen atoms in total. The molecule has 0 aromatic rings. The van der Waals surface area contributed by atoms with E-state index >= 15 is 0 Å². The van der Waals surface area contributed by atoms with E-state index in [4.69, 9.17) is 0 Å². The number of likely N-dealkylation sites (N-methyl/N-ethyl adjacent to an activating group) is 2. The minimum atomic E-state index is -4.10. The largest absolute Gasteiger partial charge is 0.401 e. The Kier molecular flexibility index (Phi) is 6.11. The van der Waals surface area contributed by atoms with Crippen molar-refractivity contribution in [2.75, 3.05) is 26.7 Å². The Morgan fingerprint density at radius 2 is 1.86 bits per heavy atom. The Balaban J connectivity index is 4.01. The summed E-state index contributed by atoms with van der Waals surface area (Å²) in [5.41, 5.74) is 0. The molecule has 0 aliphatic carbocycles. The summed E-state index contributed by atoms with van der Waals surface area (Å²) < 4.78 is 36.3. The van der Waals surface area contributed by atoms with Crippen LogP contribution in [0.15, 0.2) is 0 Å². The van der Waals surface area contributed by atoms with Crippen LogP contribution >= 0.6 is 0 Å². The third kappa shape index (κ3) is 6.21. The summed E-state index contributed by atoms with van der Waals surface area (Å²) in [6, 6.07) is 0.136. The van der Waals surface area contributed by atoms with Crippen LogP contribution in [0.3, 0.4) is 0 Å². The van der Waals surface area contributed by atoms with Gasteiger partial charge in [-0.2, -0.15) is 13.2 Å². The van der Waals surface area contributed by atoms with Gasteiger partial charge in [0.1, 0.15) is 0 Å². The van der Waals surface area contributed by atoms with Crippen LogP contribution in [0.4, 0.5) is 13.2 Å². The van der Waals surface area contributed by atoms with Crippen molar-refractivity contribution < 1.29 is 13.2 Å². The first-order chi connectivity index (χ1) is 6.42. The lowest BCUT2D eigenvalue weighted by atomic mass is 10.2. The zero-order chi connectivity index (χ0) is 11.2. The van der Waals surface area contributed by atoms with Crippen molar-refractivity contribution in [2.45, 2.75) is 32.5 Å². The van der Waals surface area contributed by atoms with Crippen LogP contribution in [-0.2, 0) is 0 Å². The van der Waals surface area contributed by atoms with E-state index in [1.165, 1.54) is 4.90 Å². The SMILES string of the molecule is CCC(CN(CC)CC(F)(F)F)NC. The van der Waals surface area contributed by atoms with Gasteiger partial charge in [-0.1, -0.05) is 13.8 Å². The standard InChI is InChI=1S/C9H19F3N2/c1-4-8(13-3)6-14(5-2)7-9(10,11)12/h8,13H,4-7H2,1-3H3. The maximum absolute atomic E-state index is 12.1. The van der Waals surface area contributed by atoms with Crippen molar-refractivity contribution in [3.8, 4) is 0 Å². The smallest absolute Gasteiger partial charge is 0.316 e. The van der Waals surface area contributed by atoms with E-state index in [1.54, 1.807) is 14.0 Å². The summed E-state index contributed by atoms with van der Waals surface area (Å²) in [5.74, 6) is 0. The summed E-state index contributed by atoms with van der Waals surface area (Å²) in [6.07, 6.45) is -3.26. The zero-order valence-electron chi connectivity index (χ0n) is 8.99. The number of nitrogens with one attached hydrogen (secondary N) is 1. The molecule has 0 aromatic carbocycles. The highest BCUT2D eigenvalue weighted by Crippen LogP contribution is 2.16. The highest BCUT2D eigenvalue weighted by molar-refractivity contribution is 4.70. The van der Waals surface area contributed by atoms with Gasteiger partial charge in [-0.3, -0.25) is 4.90 Å². The molecule has 86 valence electrons. The average Bonchev–Trinajstić information content (AvgIpc) is 2.10. The van der Waals surface area contributed by atoms with Crippen LogP contribution in [-0.4, -0.2) is 43.8 Å². The van der Waals surface area contributed by atoms with Gasteiger partial charge >= 0.3 is 6.18 Å². The van der Waals surface area contributed by atoms with Crippen molar-refractivity contribution in [3.63, 3.8) is 0 Å². The fourth-order valence-corrected chi connectivity index (χ4v) is 1.30. The molecule has 1 unspecified atom stereocenters. The van der Waals surface area contributed by atoms with Crippen molar-refractivity contribution in [1.82, 2.24) is 10.2 Å². The molecule has 0 aliphatic rings. The normalized spacial score (nSPS) is 14.8. The van der Waals surface area contributed by atoms with Gasteiger partial charge in [0.25, 0.3) is 0 Å². The first-order valence-electron chi connectivity index (χ1n) is 4.89. The van der Waals surface area contributed by atoms with E-state index in [1.807, 2.05) is 6.92 Å². The Labute approximate surface area is 83.5 Å². The molecule has 0 fully saturated rings. The van der Waals surface area contributed by atoms with Gasteiger partial charge in [0.2, 0.25) is 0 Å². The third-order valence-electron chi connectivity index (χ3n) is 2.23. The summed E-state index contributed by atoms with van der Waals surface area (Å²) in [4.78, 5) is 1.41. The summed E-state index contributed by atoms with van der Waals surface area (Å²) in [6.45, 7) is 3.76. The van der Waals surface area contributed by atoms with Gasteiger partial charge in [0.05, 0.1) is 6.54 Å². The van der Waals surface area contributed by atoms with Gasteiger partial charge < -0.3 is 5.32 Å². The summed E-state index contributed by atoms with van der Waals surface area (Å²) in [5, 5.41) is 2.99. The molecule has 0 heterocycles. The highest BCUT2D eigenvalue weighted by atomic mass is 19.4. The molecule has 1 N–H and O–H groups in total. The molecule has 0 spiro atoms. The van der Waals surface area contributed by atoms with Crippen LogP contribution in [0, 0.1) is 0 Å². The van der Waals surface area contributed by atoms with E-state index < -0.39 is 12.7 Å². The lowest BCUT2D eigenvalue weighted by molar-refractivity contribution is -0.146. The van der Waals surface area contributed by atoms with Crippen LogP contribution in [0.5, 0.6) is 0 Å². The van der Waals surface area contributed by atoms with E-state index in [0.29, 0.717) is 13.1 Å². The van der Waals surface area contributed by atoms with Crippen molar-refractivity contribution in [3.05, 3.63) is 0 Å². The first kappa shape index (κ1) is 13.7. The fourth-order valence-electron chi connectivity index (χ4n) is 1.30. The number of hydrogen-bond donors (Lipinski definition) is 1. The van der Waals surface area contributed by atoms with Crippen LogP contribution < -0.4 is 5.32 Å². The molecular weight excluding hydrogens is 193 g/mol. The molecule has 0 saturated heterocycles. The number of hydrogen-bond acceptors (Lipinski definition) is 2. The molecule has 0 aliphatic heterocycles. The maximum Gasteiger partial charge on any atom is 0.401 e. The predicted octanol–water partition coefficient (Wildman–Crippen LogP) is 1.87. The summed E-state index contributed by atoms with van der Waals surface area (Å²) in [7, 11) is 1.77. The fraction of sp³-hybridized carbons (Fsp3) is 1.00. The minimum absolute atomic E-state index is 0.136. The molecule has 0 bridgehead atoms. The van der Waals surface area contributed by atoms with Crippen molar-refractivity contribution >= 4 is 0 Å². The van der Waals surface area contributed by atoms with Gasteiger partial charge in [-0.15, -0.1) is 0 Å². The van der Waals surface area contributed by atoms with E-state index in [9.17, 15) is 13.2 Å². The number of nitrogens with zero attached hydrogens (tertiary/aromatic N) is 1. The molecule has 0 saturated carbocycles. The molecule has 14 heavy (non-hydrogen) atoms. The lowest BCUT2D eigenvalue weighted by Gasteiger charge is -2.26. The number of rotatable bonds is 6. The summed E-state index contributed by atoms with van der Waals surface area (Å²) >= 11 is 0.